The van der Waals surface area contributed by atoms with Crippen molar-refractivity contribution in [1.29, 1.82) is 0 Å². The number of methoxy groups -OCH3 is 1. The first-order chi connectivity index (χ1) is 7.76. The molecule has 0 aromatic carbocycles. The van der Waals surface area contributed by atoms with Crippen LogP contribution in [0.5, 0.6) is 0 Å². The molecule has 5 nitrogen and oxygen atoms in total. The summed E-state index contributed by atoms with van der Waals surface area (Å²) in [6.45, 7) is 2.99. The highest BCUT2D eigenvalue weighted by Crippen LogP contribution is 2.03. The molecule has 0 rings (SSSR count). The molecule has 0 bridgehead atoms. The van der Waals surface area contributed by atoms with E-state index >= 15 is 0 Å². The van der Waals surface area contributed by atoms with Gasteiger partial charge in [-0.15, -0.1) is 0 Å². The first kappa shape index (κ1) is 18.2. The molecule has 0 aliphatic heterocycles. The Morgan fingerprint density at radius 2 is 1.69 bits per heavy atom. The first-order valence-electron chi connectivity index (χ1n) is 5.69. The third kappa shape index (κ3) is 16.2. The molecule has 100 valence electrons. The molecule has 0 radical (unpaired) electrons. The second-order valence-electron chi connectivity index (χ2n) is 3.25. The third-order valence-corrected chi connectivity index (χ3v) is 1.85. The van der Waals surface area contributed by atoms with Crippen LogP contribution in [0, 0.1) is 0 Å². The van der Waals surface area contributed by atoms with E-state index in [1.807, 2.05) is 0 Å². The molecule has 0 amide bonds. The van der Waals surface area contributed by atoms with E-state index in [4.69, 9.17) is 24.8 Å². The van der Waals surface area contributed by atoms with Crippen molar-refractivity contribution in [3.05, 3.63) is 0 Å². The minimum absolute atomic E-state index is 0.0875. The van der Waals surface area contributed by atoms with Gasteiger partial charge in [-0.2, -0.15) is 0 Å². The summed E-state index contributed by atoms with van der Waals surface area (Å²) in [5.74, 6) is 0. The van der Waals surface area contributed by atoms with E-state index in [1.54, 1.807) is 7.11 Å². The van der Waals surface area contributed by atoms with Crippen LogP contribution in [0.25, 0.3) is 0 Å². The Morgan fingerprint density at radius 3 is 2.06 bits per heavy atom. The predicted octanol–water partition coefficient (Wildman–Crippen LogP) is 0.171. The van der Waals surface area contributed by atoms with Crippen molar-refractivity contribution in [2.75, 3.05) is 40.1 Å². The zero-order valence-electron chi connectivity index (χ0n) is 10.4. The van der Waals surface area contributed by atoms with Gasteiger partial charge < -0.3 is 24.8 Å². The van der Waals surface area contributed by atoms with Gasteiger partial charge in [0.2, 0.25) is 0 Å². The van der Waals surface area contributed by atoms with Crippen LogP contribution in [0.4, 0.5) is 0 Å². The van der Waals surface area contributed by atoms with Crippen LogP contribution in [-0.2, 0) is 9.47 Å². The molecule has 5 heteroatoms. The lowest BCUT2D eigenvalue weighted by Crippen LogP contribution is -2.19. The lowest BCUT2D eigenvalue weighted by molar-refractivity contribution is -0.00622. The second-order valence-corrected chi connectivity index (χ2v) is 3.25. The molecule has 1 atom stereocenters. The maximum absolute atomic E-state index is 8.46. The van der Waals surface area contributed by atoms with E-state index in [1.165, 1.54) is 12.8 Å². The summed E-state index contributed by atoms with van der Waals surface area (Å²) in [5, 5.41) is 23.7. The predicted molar refractivity (Wildman–Crippen MR) is 62.4 cm³/mol. The summed E-state index contributed by atoms with van der Waals surface area (Å²) in [5.41, 5.74) is 0. The monoisotopic (exact) mass is 238 g/mol. The SMILES string of the molecule is CCCCC(COCCO)OC.OCCO. The van der Waals surface area contributed by atoms with Crippen molar-refractivity contribution in [3.8, 4) is 0 Å². The molecule has 0 fully saturated rings. The van der Waals surface area contributed by atoms with E-state index in [2.05, 4.69) is 6.92 Å². The molecule has 0 aliphatic rings. The Kier molecular flexibility index (Phi) is 19.5. The molecule has 1 unspecified atom stereocenters. The zero-order valence-corrected chi connectivity index (χ0v) is 10.4. The molecule has 0 aliphatic carbocycles. The lowest BCUT2D eigenvalue weighted by Gasteiger charge is -2.14. The van der Waals surface area contributed by atoms with E-state index < -0.39 is 0 Å². The molecule has 0 heterocycles. The number of ether oxygens (including phenoxy) is 2. The summed E-state index contributed by atoms with van der Waals surface area (Å²) in [7, 11) is 1.70. The van der Waals surface area contributed by atoms with Crippen LogP contribution < -0.4 is 0 Å². The van der Waals surface area contributed by atoms with Gasteiger partial charge in [0, 0.05) is 7.11 Å². The molecular weight excluding hydrogens is 212 g/mol. The summed E-state index contributed by atoms with van der Waals surface area (Å²) in [4.78, 5) is 0. The van der Waals surface area contributed by atoms with E-state index in [-0.39, 0.29) is 25.9 Å². The van der Waals surface area contributed by atoms with Crippen LogP contribution in [0.3, 0.4) is 0 Å². The van der Waals surface area contributed by atoms with Gasteiger partial charge in [-0.1, -0.05) is 19.8 Å². The third-order valence-electron chi connectivity index (χ3n) is 1.85. The summed E-state index contributed by atoms with van der Waals surface area (Å²) in [6, 6.07) is 0. The average molecular weight is 238 g/mol. The minimum atomic E-state index is -0.125. The fraction of sp³-hybridized carbons (Fsp3) is 1.00. The van der Waals surface area contributed by atoms with E-state index in [0.29, 0.717) is 13.2 Å². The molecule has 0 aromatic heterocycles. The van der Waals surface area contributed by atoms with Crippen molar-refractivity contribution >= 4 is 0 Å². The Morgan fingerprint density at radius 1 is 1.06 bits per heavy atom. The van der Waals surface area contributed by atoms with Crippen LogP contribution >= 0.6 is 0 Å². The minimum Gasteiger partial charge on any atom is -0.394 e. The van der Waals surface area contributed by atoms with Gasteiger partial charge in [-0.3, -0.25) is 0 Å². The highest BCUT2D eigenvalue weighted by molar-refractivity contribution is 4.55. The summed E-state index contributed by atoms with van der Waals surface area (Å²) < 4.78 is 10.4. The van der Waals surface area contributed by atoms with Crippen LogP contribution in [0.1, 0.15) is 26.2 Å². The maximum Gasteiger partial charge on any atom is 0.0804 e. The molecule has 0 spiro atoms. The van der Waals surface area contributed by atoms with Gasteiger partial charge in [0.05, 0.1) is 39.1 Å². The van der Waals surface area contributed by atoms with Gasteiger partial charge in [0.15, 0.2) is 0 Å². The van der Waals surface area contributed by atoms with E-state index in [0.717, 1.165) is 6.42 Å². The largest absolute Gasteiger partial charge is 0.394 e. The zero-order chi connectivity index (χ0) is 12.6. The van der Waals surface area contributed by atoms with Crippen LogP contribution in [0.15, 0.2) is 0 Å². The Hall–Kier alpha value is -0.200. The number of aliphatic hydroxyl groups is 3. The van der Waals surface area contributed by atoms with Crippen molar-refractivity contribution in [2.24, 2.45) is 0 Å². The number of hydrogen-bond acceptors (Lipinski definition) is 5. The Bertz CT molecular complexity index is 109. The Labute approximate surface area is 98.0 Å². The number of hydrogen-bond donors (Lipinski definition) is 3. The topological polar surface area (TPSA) is 79.2 Å². The van der Waals surface area contributed by atoms with Gasteiger partial charge >= 0.3 is 0 Å². The van der Waals surface area contributed by atoms with Crippen molar-refractivity contribution in [3.63, 3.8) is 0 Å². The van der Waals surface area contributed by atoms with Gasteiger partial charge in [0.1, 0.15) is 0 Å². The second kappa shape index (κ2) is 17.2. The number of rotatable bonds is 9. The normalized spacial score (nSPS) is 11.8. The van der Waals surface area contributed by atoms with E-state index in [9.17, 15) is 0 Å². The lowest BCUT2D eigenvalue weighted by atomic mass is 10.2. The highest BCUT2D eigenvalue weighted by Gasteiger charge is 2.05. The number of unbranched alkanes of at least 4 members (excludes halogenated alkanes) is 1. The summed E-state index contributed by atoms with van der Waals surface area (Å²) >= 11 is 0. The van der Waals surface area contributed by atoms with Crippen LogP contribution in [-0.4, -0.2) is 61.6 Å². The van der Waals surface area contributed by atoms with Gasteiger partial charge in [-0.25, -0.2) is 0 Å². The molecular formula is C11H26O5. The van der Waals surface area contributed by atoms with Crippen molar-refractivity contribution in [2.45, 2.75) is 32.3 Å². The first-order valence-corrected chi connectivity index (χ1v) is 5.69. The smallest absolute Gasteiger partial charge is 0.0804 e. The molecule has 3 N–H and O–H groups in total. The fourth-order valence-electron chi connectivity index (χ4n) is 0.980. The highest BCUT2D eigenvalue weighted by atomic mass is 16.5. The van der Waals surface area contributed by atoms with Crippen LogP contribution in [0.2, 0.25) is 0 Å². The number of aliphatic hydroxyl groups excluding tert-OH is 3. The molecule has 0 saturated carbocycles. The fourth-order valence-corrected chi connectivity index (χ4v) is 0.980. The maximum atomic E-state index is 8.46. The van der Waals surface area contributed by atoms with Gasteiger partial charge in [-0.05, 0) is 6.42 Å². The molecule has 0 aromatic rings. The molecule has 0 saturated heterocycles. The standard InChI is InChI=1S/C9H20O3.C2H6O2/c1-3-4-5-9(11-2)8-12-7-6-10;3-1-2-4/h9-10H,3-8H2,1-2H3;3-4H,1-2H2. The summed E-state index contributed by atoms with van der Waals surface area (Å²) in [6.07, 6.45) is 3.58. The Balaban J connectivity index is 0. The quantitative estimate of drug-likeness (QED) is 0.499. The van der Waals surface area contributed by atoms with Gasteiger partial charge in [0.25, 0.3) is 0 Å². The van der Waals surface area contributed by atoms with Crippen molar-refractivity contribution in [1.82, 2.24) is 0 Å². The average Bonchev–Trinajstić information content (AvgIpc) is 2.34. The van der Waals surface area contributed by atoms with Crippen molar-refractivity contribution < 1.29 is 24.8 Å². The molecule has 16 heavy (non-hydrogen) atoms.